The fourth-order valence-electron chi connectivity index (χ4n) is 2.82. The molecule has 1 heterocycles. The van der Waals surface area contributed by atoms with Gasteiger partial charge < -0.3 is 19.5 Å². The van der Waals surface area contributed by atoms with E-state index in [-0.39, 0.29) is 12.0 Å². The molecule has 2 rings (SSSR count). The Hall–Kier alpha value is -1.75. The number of hydrogen-bond donors (Lipinski definition) is 1. The highest BCUT2D eigenvalue weighted by Crippen LogP contribution is 2.37. The van der Waals surface area contributed by atoms with Crippen LogP contribution in [0.3, 0.4) is 0 Å². The highest BCUT2D eigenvalue weighted by molar-refractivity contribution is 5.71. The normalized spacial score (nSPS) is 20.6. The molecule has 1 aliphatic heterocycles. The van der Waals surface area contributed by atoms with Crippen molar-refractivity contribution in [2.24, 2.45) is 0 Å². The predicted molar refractivity (Wildman–Crippen MR) is 79.8 cm³/mol. The van der Waals surface area contributed by atoms with Crippen molar-refractivity contribution in [1.82, 2.24) is 5.32 Å². The number of fused-ring (bicyclic) bond motifs is 1. The van der Waals surface area contributed by atoms with Gasteiger partial charge >= 0.3 is 5.97 Å². The molecule has 2 atom stereocenters. The smallest absolute Gasteiger partial charge is 0.307 e. The lowest BCUT2D eigenvalue weighted by Crippen LogP contribution is -2.38. The van der Waals surface area contributed by atoms with Crippen LogP contribution in [-0.2, 0) is 16.0 Å². The molecule has 5 heteroatoms. The van der Waals surface area contributed by atoms with E-state index in [0.717, 1.165) is 17.7 Å². The van der Waals surface area contributed by atoms with Gasteiger partial charge in [-0.3, -0.25) is 4.79 Å². The molecule has 1 N–H and O–H groups in total. The Morgan fingerprint density at radius 1 is 1.29 bits per heavy atom. The molecular formula is C16H23NO4. The first-order chi connectivity index (χ1) is 10.1. The maximum atomic E-state index is 11.8. The molecule has 21 heavy (non-hydrogen) atoms. The Kier molecular flexibility index (Phi) is 5.07. The zero-order valence-corrected chi connectivity index (χ0v) is 13.1. The van der Waals surface area contributed by atoms with Gasteiger partial charge in [-0.2, -0.15) is 0 Å². The molecule has 5 nitrogen and oxygen atoms in total. The van der Waals surface area contributed by atoms with Crippen LogP contribution in [-0.4, -0.2) is 32.8 Å². The molecular weight excluding hydrogens is 270 g/mol. The van der Waals surface area contributed by atoms with E-state index in [0.29, 0.717) is 24.8 Å². The number of nitrogens with one attached hydrogen (secondary N) is 1. The first-order valence-corrected chi connectivity index (χ1v) is 7.25. The number of ether oxygens (including phenoxy) is 3. The van der Waals surface area contributed by atoms with Crippen LogP contribution in [0.15, 0.2) is 12.1 Å². The fourth-order valence-corrected chi connectivity index (χ4v) is 2.82. The third-order valence-corrected chi connectivity index (χ3v) is 3.71. The minimum absolute atomic E-state index is 0.0531. The number of benzene rings is 1. The van der Waals surface area contributed by atoms with Crippen molar-refractivity contribution in [2.45, 2.75) is 38.8 Å². The molecule has 0 bridgehead atoms. The number of rotatable bonds is 5. The van der Waals surface area contributed by atoms with Crippen LogP contribution in [0.25, 0.3) is 0 Å². The van der Waals surface area contributed by atoms with Gasteiger partial charge in [0.15, 0.2) is 11.5 Å². The summed E-state index contributed by atoms with van der Waals surface area (Å²) in [6, 6.07) is 4.21. The van der Waals surface area contributed by atoms with E-state index >= 15 is 0 Å². The summed E-state index contributed by atoms with van der Waals surface area (Å²) in [7, 11) is 3.24. The van der Waals surface area contributed by atoms with Crippen molar-refractivity contribution >= 4 is 5.97 Å². The summed E-state index contributed by atoms with van der Waals surface area (Å²) in [6.45, 7) is 4.33. The van der Waals surface area contributed by atoms with Gasteiger partial charge in [-0.1, -0.05) is 0 Å². The average molecular weight is 293 g/mol. The molecule has 1 aromatic carbocycles. The van der Waals surface area contributed by atoms with Gasteiger partial charge in [-0.25, -0.2) is 0 Å². The van der Waals surface area contributed by atoms with Crippen molar-refractivity contribution < 1.29 is 19.0 Å². The first kappa shape index (κ1) is 15.6. The standard InChI is InChI=1S/C16H23NO4/c1-5-21-16(18)9-13-12-8-15(20-4)14(19-3)7-11(12)6-10(2)17-13/h7-8,10,13,17H,5-6,9H2,1-4H3/t10-,13+/m0/s1. The molecule has 0 aliphatic carbocycles. The van der Waals surface area contributed by atoms with Crippen molar-refractivity contribution in [3.05, 3.63) is 23.3 Å². The molecule has 0 aromatic heterocycles. The number of methoxy groups -OCH3 is 2. The summed E-state index contributed by atoms with van der Waals surface area (Å²) in [6.07, 6.45) is 1.22. The predicted octanol–water partition coefficient (Wildman–Crippen LogP) is 2.23. The van der Waals surface area contributed by atoms with Crippen molar-refractivity contribution in [3.8, 4) is 11.5 Å². The molecule has 116 valence electrons. The summed E-state index contributed by atoms with van der Waals surface area (Å²) in [5.74, 6) is 1.21. The highest BCUT2D eigenvalue weighted by atomic mass is 16.5. The third-order valence-electron chi connectivity index (χ3n) is 3.71. The lowest BCUT2D eigenvalue weighted by Gasteiger charge is -2.31. The number of carbonyl (C=O) groups excluding carboxylic acids is 1. The Morgan fingerprint density at radius 3 is 2.57 bits per heavy atom. The van der Waals surface area contributed by atoms with Crippen LogP contribution < -0.4 is 14.8 Å². The maximum absolute atomic E-state index is 11.8. The highest BCUT2D eigenvalue weighted by Gasteiger charge is 2.28. The summed E-state index contributed by atoms with van der Waals surface area (Å²) >= 11 is 0. The maximum Gasteiger partial charge on any atom is 0.307 e. The van der Waals surface area contributed by atoms with Gasteiger partial charge in [0.1, 0.15) is 0 Å². The molecule has 0 saturated carbocycles. The second-order valence-electron chi connectivity index (χ2n) is 5.24. The third kappa shape index (κ3) is 3.47. The van der Waals surface area contributed by atoms with Gasteiger partial charge in [-0.05, 0) is 43.5 Å². The largest absolute Gasteiger partial charge is 0.493 e. The molecule has 0 spiro atoms. The van der Waals surface area contributed by atoms with Crippen molar-refractivity contribution in [1.29, 1.82) is 0 Å². The molecule has 0 amide bonds. The monoisotopic (exact) mass is 293 g/mol. The summed E-state index contributed by atoms with van der Waals surface area (Å²) in [4.78, 5) is 11.8. The van der Waals surface area contributed by atoms with E-state index < -0.39 is 0 Å². The van der Waals surface area contributed by atoms with Crippen LogP contribution >= 0.6 is 0 Å². The molecule has 1 aromatic rings. The Morgan fingerprint density at radius 2 is 1.95 bits per heavy atom. The zero-order chi connectivity index (χ0) is 15.4. The first-order valence-electron chi connectivity index (χ1n) is 7.25. The molecule has 0 saturated heterocycles. The van der Waals surface area contributed by atoms with Gasteiger partial charge in [-0.15, -0.1) is 0 Å². The Balaban J connectivity index is 2.33. The van der Waals surface area contributed by atoms with Gasteiger partial charge in [0.25, 0.3) is 0 Å². The van der Waals surface area contributed by atoms with E-state index in [2.05, 4.69) is 12.2 Å². The SMILES string of the molecule is CCOC(=O)C[C@H]1N[C@@H](C)Cc2cc(OC)c(OC)cc21. The second-order valence-corrected chi connectivity index (χ2v) is 5.24. The minimum Gasteiger partial charge on any atom is -0.493 e. The van der Waals surface area contributed by atoms with Crippen LogP contribution in [0.4, 0.5) is 0 Å². The van der Waals surface area contributed by atoms with Gasteiger partial charge in [0.2, 0.25) is 0 Å². The van der Waals surface area contributed by atoms with Crippen molar-refractivity contribution in [2.75, 3.05) is 20.8 Å². The van der Waals surface area contributed by atoms with E-state index in [1.54, 1.807) is 14.2 Å². The van der Waals surface area contributed by atoms with Gasteiger partial charge in [0.05, 0.1) is 27.2 Å². The number of hydrogen-bond acceptors (Lipinski definition) is 5. The molecule has 0 unspecified atom stereocenters. The minimum atomic E-state index is -0.190. The molecule has 0 fully saturated rings. The Labute approximate surface area is 125 Å². The quantitative estimate of drug-likeness (QED) is 0.844. The Bertz CT molecular complexity index is 515. The number of carbonyl (C=O) groups is 1. The van der Waals surface area contributed by atoms with Crippen LogP contribution in [0, 0.1) is 0 Å². The van der Waals surface area contributed by atoms with E-state index in [9.17, 15) is 4.79 Å². The summed E-state index contributed by atoms with van der Waals surface area (Å²) < 4.78 is 15.8. The summed E-state index contributed by atoms with van der Waals surface area (Å²) in [5.41, 5.74) is 2.27. The fraction of sp³-hybridized carbons (Fsp3) is 0.562. The van der Waals surface area contributed by atoms with E-state index in [1.807, 2.05) is 19.1 Å². The lowest BCUT2D eigenvalue weighted by atomic mass is 9.88. The topological polar surface area (TPSA) is 56.8 Å². The number of esters is 1. The molecule has 0 radical (unpaired) electrons. The lowest BCUT2D eigenvalue weighted by molar-refractivity contribution is -0.143. The zero-order valence-electron chi connectivity index (χ0n) is 13.1. The van der Waals surface area contributed by atoms with Crippen LogP contribution in [0.2, 0.25) is 0 Å². The van der Waals surface area contributed by atoms with Gasteiger partial charge in [0, 0.05) is 12.1 Å². The van der Waals surface area contributed by atoms with E-state index in [1.165, 1.54) is 5.56 Å². The summed E-state index contributed by atoms with van der Waals surface area (Å²) in [5, 5.41) is 3.45. The van der Waals surface area contributed by atoms with Crippen LogP contribution in [0.5, 0.6) is 11.5 Å². The van der Waals surface area contributed by atoms with Crippen molar-refractivity contribution in [3.63, 3.8) is 0 Å². The van der Waals surface area contributed by atoms with Crippen LogP contribution in [0.1, 0.15) is 37.4 Å². The molecule has 1 aliphatic rings. The average Bonchev–Trinajstić information content (AvgIpc) is 2.46. The van der Waals surface area contributed by atoms with E-state index in [4.69, 9.17) is 14.2 Å². The second kappa shape index (κ2) is 6.80.